The van der Waals surface area contributed by atoms with Gasteiger partial charge in [0.15, 0.2) is 10.9 Å². The third-order valence-electron chi connectivity index (χ3n) is 5.58. The summed E-state index contributed by atoms with van der Waals surface area (Å²) < 4.78 is 1.56. The second-order valence-electron chi connectivity index (χ2n) is 8.67. The van der Waals surface area contributed by atoms with E-state index >= 15 is 0 Å². The topological polar surface area (TPSA) is 97.6 Å². The van der Waals surface area contributed by atoms with E-state index < -0.39 is 5.91 Å². The second-order valence-corrected chi connectivity index (χ2v) is 10.5. The molecule has 0 bridgehead atoms. The van der Waals surface area contributed by atoms with E-state index in [4.69, 9.17) is 23.2 Å². The van der Waals surface area contributed by atoms with Crippen molar-refractivity contribution in [3.8, 4) is 5.69 Å². The molecule has 5 rings (SSSR count). The van der Waals surface area contributed by atoms with Gasteiger partial charge >= 0.3 is 0 Å². The molecule has 2 aromatic heterocycles. The first-order valence-electron chi connectivity index (χ1n) is 11.9. The molecule has 0 fully saturated rings. The Morgan fingerprint density at radius 2 is 1.46 bits per heavy atom. The van der Waals surface area contributed by atoms with Crippen LogP contribution in [0.4, 0.5) is 17.1 Å². The highest BCUT2D eigenvalue weighted by molar-refractivity contribution is 7.98. The Hall–Kier alpha value is -3.92. The number of anilines is 3. The number of aromatic nitrogens is 5. The zero-order valence-corrected chi connectivity index (χ0v) is 23.3. The average molecular weight is 577 g/mol. The number of halogens is 2. The highest BCUT2D eigenvalue weighted by atomic mass is 35.5. The molecule has 0 radical (unpaired) electrons. The molecule has 0 saturated heterocycles. The highest BCUT2D eigenvalue weighted by Crippen LogP contribution is 2.27. The van der Waals surface area contributed by atoms with E-state index in [2.05, 4.69) is 30.9 Å². The molecule has 3 aromatic carbocycles. The number of hydrogen-bond donors (Lipinski definition) is 2. The maximum atomic E-state index is 13.4. The summed E-state index contributed by atoms with van der Waals surface area (Å²) in [6.07, 6.45) is 0. The number of nitrogens with one attached hydrogen (secondary N) is 2. The van der Waals surface area contributed by atoms with E-state index in [1.54, 1.807) is 22.9 Å². The smallest absolute Gasteiger partial charge is 0.278 e. The minimum absolute atomic E-state index is 0.175. The Morgan fingerprint density at radius 1 is 0.846 bits per heavy atom. The standard InChI is InChI=1S/C28H23Cl2N7OS/c1-17-12-18(2)32-28(31-17)39-16-25-26(35-36-37(25)24-14-19(29)13-20(30)15-24)27(38)34-23-10-8-22(9-11-23)33-21-6-4-3-5-7-21/h3-15,33H,16H2,1-2H3,(H,34,38). The predicted octanol–water partition coefficient (Wildman–Crippen LogP) is 7.27. The number of nitrogens with zero attached hydrogens (tertiary/aromatic N) is 5. The number of hydrogen-bond acceptors (Lipinski definition) is 7. The van der Waals surface area contributed by atoms with E-state index in [1.165, 1.54) is 11.8 Å². The van der Waals surface area contributed by atoms with Crippen LogP contribution in [0.25, 0.3) is 5.69 Å². The molecule has 39 heavy (non-hydrogen) atoms. The monoisotopic (exact) mass is 575 g/mol. The molecule has 0 unspecified atom stereocenters. The number of para-hydroxylation sites is 1. The van der Waals surface area contributed by atoms with E-state index in [-0.39, 0.29) is 5.69 Å². The fourth-order valence-corrected chi connectivity index (χ4v) is 5.34. The van der Waals surface area contributed by atoms with Gasteiger partial charge in [-0.25, -0.2) is 14.6 Å². The van der Waals surface area contributed by atoms with Crippen molar-refractivity contribution in [2.75, 3.05) is 10.6 Å². The molecule has 0 atom stereocenters. The summed E-state index contributed by atoms with van der Waals surface area (Å²) in [4.78, 5) is 22.4. The zero-order valence-electron chi connectivity index (χ0n) is 21.0. The molecule has 0 aliphatic carbocycles. The Balaban J connectivity index is 1.40. The molecule has 0 aliphatic rings. The van der Waals surface area contributed by atoms with Gasteiger partial charge in [0.1, 0.15) is 0 Å². The van der Waals surface area contributed by atoms with Gasteiger partial charge in [0.05, 0.1) is 11.4 Å². The fourth-order valence-electron chi connectivity index (χ4n) is 3.88. The molecule has 0 saturated carbocycles. The van der Waals surface area contributed by atoms with Crippen molar-refractivity contribution in [1.29, 1.82) is 0 Å². The van der Waals surface area contributed by atoms with Gasteiger partial charge < -0.3 is 10.6 Å². The molecular formula is C28H23Cl2N7OS. The van der Waals surface area contributed by atoms with Crippen LogP contribution < -0.4 is 10.6 Å². The van der Waals surface area contributed by atoms with Crippen molar-refractivity contribution >= 4 is 57.9 Å². The molecule has 2 heterocycles. The van der Waals surface area contributed by atoms with Crippen LogP contribution in [0, 0.1) is 13.8 Å². The van der Waals surface area contributed by atoms with Crippen LogP contribution in [0.5, 0.6) is 0 Å². The van der Waals surface area contributed by atoms with Crippen LogP contribution in [-0.2, 0) is 5.75 Å². The van der Waals surface area contributed by atoms with Crippen LogP contribution in [0.1, 0.15) is 27.6 Å². The molecule has 0 aliphatic heterocycles. The van der Waals surface area contributed by atoms with Crippen LogP contribution >= 0.6 is 35.0 Å². The van der Waals surface area contributed by atoms with Crippen molar-refractivity contribution < 1.29 is 4.79 Å². The zero-order chi connectivity index (χ0) is 27.4. The number of aryl methyl sites for hydroxylation is 2. The first-order chi connectivity index (χ1) is 18.8. The third kappa shape index (κ3) is 6.75. The largest absolute Gasteiger partial charge is 0.356 e. The lowest BCUT2D eigenvalue weighted by Gasteiger charge is -2.10. The Labute approximate surface area is 239 Å². The molecule has 11 heteroatoms. The normalized spacial score (nSPS) is 10.9. The van der Waals surface area contributed by atoms with E-state index in [1.807, 2.05) is 74.5 Å². The van der Waals surface area contributed by atoms with Gasteiger partial charge in [0, 0.05) is 44.2 Å². The van der Waals surface area contributed by atoms with Gasteiger partial charge in [-0.2, -0.15) is 0 Å². The summed E-state index contributed by atoms with van der Waals surface area (Å²) in [5, 5.41) is 16.2. The van der Waals surface area contributed by atoms with Crippen molar-refractivity contribution in [3.05, 3.63) is 112 Å². The van der Waals surface area contributed by atoms with Gasteiger partial charge in [0.2, 0.25) is 0 Å². The van der Waals surface area contributed by atoms with Crippen LogP contribution in [-0.4, -0.2) is 30.9 Å². The SMILES string of the molecule is Cc1cc(C)nc(SCc2c(C(=O)Nc3ccc(Nc4ccccc4)cc3)nnn2-c2cc(Cl)cc(Cl)c2)n1. The number of carbonyl (C=O) groups excluding carboxylic acids is 1. The van der Waals surface area contributed by atoms with Gasteiger partial charge in [-0.1, -0.05) is 58.4 Å². The molecule has 1 amide bonds. The Kier molecular flexibility index (Phi) is 8.11. The van der Waals surface area contributed by atoms with E-state index in [0.29, 0.717) is 38.0 Å². The number of benzene rings is 3. The minimum atomic E-state index is -0.393. The van der Waals surface area contributed by atoms with Crippen LogP contribution in [0.15, 0.2) is 84.0 Å². The summed E-state index contributed by atoms with van der Waals surface area (Å²) in [5.41, 5.74) is 5.54. The van der Waals surface area contributed by atoms with Gasteiger partial charge in [0.25, 0.3) is 5.91 Å². The number of carbonyl (C=O) groups is 1. The van der Waals surface area contributed by atoms with Gasteiger partial charge in [-0.3, -0.25) is 4.79 Å². The molecule has 2 N–H and O–H groups in total. The maximum Gasteiger partial charge on any atom is 0.278 e. The molecular weight excluding hydrogens is 553 g/mol. The number of rotatable bonds is 8. The van der Waals surface area contributed by atoms with Crippen molar-refractivity contribution in [3.63, 3.8) is 0 Å². The van der Waals surface area contributed by atoms with Gasteiger partial charge in [-0.15, -0.1) is 5.10 Å². The van der Waals surface area contributed by atoms with Crippen LogP contribution in [0.3, 0.4) is 0 Å². The quantitative estimate of drug-likeness (QED) is 0.148. The van der Waals surface area contributed by atoms with Crippen molar-refractivity contribution in [2.45, 2.75) is 24.8 Å². The lowest BCUT2D eigenvalue weighted by Crippen LogP contribution is -2.15. The summed E-state index contributed by atoms with van der Waals surface area (Å²) in [6, 6.07) is 24.2. The second kappa shape index (κ2) is 11.9. The Morgan fingerprint density at radius 3 is 2.13 bits per heavy atom. The molecule has 5 aromatic rings. The highest BCUT2D eigenvalue weighted by Gasteiger charge is 2.22. The summed E-state index contributed by atoms with van der Waals surface area (Å²) >= 11 is 13.9. The predicted molar refractivity (Wildman–Crippen MR) is 157 cm³/mol. The lowest BCUT2D eigenvalue weighted by atomic mass is 10.2. The maximum absolute atomic E-state index is 13.4. The number of amides is 1. The van der Waals surface area contributed by atoms with Crippen LogP contribution in [0.2, 0.25) is 10.0 Å². The summed E-state index contributed by atoms with van der Waals surface area (Å²) in [5.74, 6) is -0.0574. The molecule has 0 spiro atoms. The molecule has 8 nitrogen and oxygen atoms in total. The van der Waals surface area contributed by atoms with Crippen molar-refractivity contribution in [2.24, 2.45) is 0 Å². The third-order valence-corrected chi connectivity index (χ3v) is 6.87. The first kappa shape index (κ1) is 26.7. The minimum Gasteiger partial charge on any atom is -0.356 e. The average Bonchev–Trinajstić information content (AvgIpc) is 3.32. The lowest BCUT2D eigenvalue weighted by molar-refractivity contribution is 0.102. The van der Waals surface area contributed by atoms with E-state index in [0.717, 1.165) is 22.8 Å². The molecule has 196 valence electrons. The summed E-state index contributed by atoms with van der Waals surface area (Å²) in [7, 11) is 0. The number of thioether (sulfide) groups is 1. The first-order valence-corrected chi connectivity index (χ1v) is 13.7. The fraction of sp³-hybridized carbons (Fsp3) is 0.107. The Bertz CT molecular complexity index is 1590. The van der Waals surface area contributed by atoms with Gasteiger partial charge in [-0.05, 0) is 74.5 Å². The van der Waals surface area contributed by atoms with Crippen molar-refractivity contribution in [1.82, 2.24) is 25.0 Å². The summed E-state index contributed by atoms with van der Waals surface area (Å²) in [6.45, 7) is 3.83. The van der Waals surface area contributed by atoms with E-state index in [9.17, 15) is 4.79 Å².